The highest BCUT2D eigenvalue weighted by atomic mass is 16.5. The number of aromatic amines is 1. The Labute approximate surface area is 122 Å². The van der Waals surface area contributed by atoms with E-state index in [1.165, 1.54) is 7.11 Å². The van der Waals surface area contributed by atoms with Crippen molar-refractivity contribution < 1.29 is 14.3 Å². The molecule has 0 saturated carbocycles. The van der Waals surface area contributed by atoms with Crippen LogP contribution in [-0.4, -0.2) is 42.1 Å². The normalized spacial score (nSPS) is 14.4. The number of nitrogens with one attached hydrogen (secondary N) is 2. The average molecular weight is 287 g/mol. The van der Waals surface area contributed by atoms with Crippen LogP contribution in [0.4, 0.5) is 10.5 Å². The molecule has 0 spiro atoms. The molecule has 0 atom stereocenters. The first-order chi connectivity index (χ1) is 10.2. The number of anilines is 1. The molecule has 6 nitrogen and oxygen atoms in total. The first kappa shape index (κ1) is 13.5. The van der Waals surface area contributed by atoms with Gasteiger partial charge in [0.25, 0.3) is 0 Å². The Morgan fingerprint density at radius 3 is 2.76 bits per heavy atom. The maximum Gasteiger partial charge on any atom is 0.340 e. The van der Waals surface area contributed by atoms with E-state index in [1.807, 2.05) is 6.07 Å². The zero-order chi connectivity index (χ0) is 14.8. The highest BCUT2D eigenvalue weighted by Gasteiger charge is 2.18. The van der Waals surface area contributed by atoms with E-state index >= 15 is 0 Å². The van der Waals surface area contributed by atoms with Crippen molar-refractivity contribution in [2.75, 3.05) is 25.5 Å². The fourth-order valence-corrected chi connectivity index (χ4v) is 2.61. The highest BCUT2D eigenvalue weighted by Crippen LogP contribution is 2.23. The number of carbonyl (C=O) groups is 2. The van der Waals surface area contributed by atoms with Gasteiger partial charge in [0.05, 0.1) is 12.7 Å². The van der Waals surface area contributed by atoms with Crippen LogP contribution in [0.3, 0.4) is 0 Å². The van der Waals surface area contributed by atoms with Crippen LogP contribution in [0.2, 0.25) is 0 Å². The summed E-state index contributed by atoms with van der Waals surface area (Å²) < 4.78 is 4.73. The number of benzene rings is 1. The first-order valence-corrected chi connectivity index (χ1v) is 6.94. The van der Waals surface area contributed by atoms with Gasteiger partial charge in [0, 0.05) is 35.9 Å². The smallest absolute Gasteiger partial charge is 0.340 e. The quantitative estimate of drug-likeness (QED) is 0.834. The van der Waals surface area contributed by atoms with Crippen molar-refractivity contribution in [1.29, 1.82) is 0 Å². The van der Waals surface area contributed by atoms with Crippen LogP contribution in [-0.2, 0) is 4.74 Å². The molecule has 110 valence electrons. The minimum Gasteiger partial charge on any atom is -0.465 e. The second-order valence-electron chi connectivity index (χ2n) is 5.08. The summed E-state index contributed by atoms with van der Waals surface area (Å²) in [6.45, 7) is 1.62. The van der Waals surface area contributed by atoms with Crippen LogP contribution in [0.1, 0.15) is 23.2 Å². The van der Waals surface area contributed by atoms with Crippen molar-refractivity contribution in [3.63, 3.8) is 0 Å². The minimum absolute atomic E-state index is 0.0772. The number of hydrogen-bond acceptors (Lipinski definition) is 3. The summed E-state index contributed by atoms with van der Waals surface area (Å²) in [6.07, 6.45) is 3.74. The molecular formula is C15H17N3O3. The number of methoxy groups -OCH3 is 1. The van der Waals surface area contributed by atoms with E-state index in [0.717, 1.165) is 36.8 Å². The van der Waals surface area contributed by atoms with Gasteiger partial charge in [-0.1, -0.05) is 0 Å². The first-order valence-electron chi connectivity index (χ1n) is 6.94. The Bertz CT molecular complexity index is 687. The molecule has 0 bridgehead atoms. The minimum atomic E-state index is -0.380. The zero-order valence-corrected chi connectivity index (χ0v) is 11.8. The molecule has 1 saturated heterocycles. The van der Waals surface area contributed by atoms with Crippen molar-refractivity contribution in [2.45, 2.75) is 12.8 Å². The van der Waals surface area contributed by atoms with Gasteiger partial charge in [0.15, 0.2) is 0 Å². The summed E-state index contributed by atoms with van der Waals surface area (Å²) >= 11 is 0. The molecular weight excluding hydrogens is 270 g/mol. The van der Waals surface area contributed by atoms with Gasteiger partial charge >= 0.3 is 12.0 Å². The SMILES string of the molecule is COC(=O)c1c[nH]c2cc(NC(=O)N3CCCC3)ccc12. The molecule has 1 aromatic carbocycles. The van der Waals surface area contributed by atoms with E-state index in [0.29, 0.717) is 11.3 Å². The highest BCUT2D eigenvalue weighted by molar-refractivity contribution is 6.05. The Kier molecular flexibility index (Phi) is 3.51. The van der Waals surface area contributed by atoms with Gasteiger partial charge in [-0.2, -0.15) is 0 Å². The molecule has 0 unspecified atom stereocenters. The van der Waals surface area contributed by atoms with Crippen LogP contribution in [0.5, 0.6) is 0 Å². The molecule has 2 heterocycles. The topological polar surface area (TPSA) is 74.4 Å². The molecule has 1 fully saturated rings. The summed E-state index contributed by atoms with van der Waals surface area (Å²) in [5, 5.41) is 3.66. The third kappa shape index (κ3) is 2.56. The van der Waals surface area contributed by atoms with E-state index in [9.17, 15) is 9.59 Å². The molecule has 6 heteroatoms. The molecule has 1 aliphatic heterocycles. The molecule has 2 amide bonds. The predicted octanol–water partition coefficient (Wildman–Crippen LogP) is 2.58. The van der Waals surface area contributed by atoms with Gasteiger partial charge < -0.3 is 19.9 Å². The van der Waals surface area contributed by atoms with Crippen LogP contribution in [0, 0.1) is 0 Å². The summed E-state index contributed by atoms with van der Waals surface area (Å²) in [6, 6.07) is 5.33. The number of nitrogens with zero attached hydrogens (tertiary/aromatic N) is 1. The lowest BCUT2D eigenvalue weighted by Crippen LogP contribution is -2.32. The third-order valence-electron chi connectivity index (χ3n) is 3.73. The summed E-state index contributed by atoms with van der Waals surface area (Å²) in [7, 11) is 1.35. The number of ether oxygens (including phenoxy) is 1. The number of carbonyl (C=O) groups excluding carboxylic acids is 2. The standard InChI is InChI=1S/C15H17N3O3/c1-21-14(19)12-9-16-13-8-10(4-5-11(12)13)17-15(20)18-6-2-3-7-18/h4-5,8-9,16H,2-3,6-7H2,1H3,(H,17,20). The van der Waals surface area contributed by atoms with Gasteiger partial charge in [-0.05, 0) is 31.0 Å². The summed E-state index contributed by atoms with van der Waals surface area (Å²) in [4.78, 5) is 28.5. The van der Waals surface area contributed by atoms with Gasteiger partial charge in [-0.25, -0.2) is 9.59 Å². The number of amides is 2. The van der Waals surface area contributed by atoms with Gasteiger partial charge in [-0.15, -0.1) is 0 Å². The van der Waals surface area contributed by atoms with Crippen LogP contribution < -0.4 is 5.32 Å². The number of rotatable bonds is 2. The molecule has 0 radical (unpaired) electrons. The number of likely N-dealkylation sites (tertiary alicyclic amines) is 1. The van der Waals surface area contributed by atoms with Gasteiger partial charge in [0.1, 0.15) is 0 Å². The fraction of sp³-hybridized carbons (Fsp3) is 0.333. The second-order valence-corrected chi connectivity index (χ2v) is 5.08. The zero-order valence-electron chi connectivity index (χ0n) is 11.8. The third-order valence-corrected chi connectivity index (χ3v) is 3.73. The number of urea groups is 1. The Morgan fingerprint density at radius 1 is 1.29 bits per heavy atom. The molecule has 3 rings (SSSR count). The second kappa shape index (κ2) is 5.47. The lowest BCUT2D eigenvalue weighted by molar-refractivity contribution is 0.0603. The Balaban J connectivity index is 1.81. The van der Waals surface area contributed by atoms with Gasteiger partial charge in [0.2, 0.25) is 0 Å². The fourth-order valence-electron chi connectivity index (χ4n) is 2.61. The lowest BCUT2D eigenvalue weighted by Gasteiger charge is -2.16. The molecule has 2 aromatic rings. The summed E-state index contributed by atoms with van der Waals surface area (Å²) in [5.41, 5.74) is 1.98. The van der Waals surface area contributed by atoms with E-state index in [4.69, 9.17) is 4.74 Å². The predicted molar refractivity (Wildman–Crippen MR) is 79.5 cm³/mol. The van der Waals surface area contributed by atoms with Crippen molar-refractivity contribution in [3.05, 3.63) is 30.0 Å². The monoisotopic (exact) mass is 287 g/mol. The molecule has 1 aliphatic rings. The van der Waals surface area contributed by atoms with Crippen molar-refractivity contribution in [3.8, 4) is 0 Å². The lowest BCUT2D eigenvalue weighted by atomic mass is 10.1. The van der Waals surface area contributed by atoms with Gasteiger partial charge in [-0.3, -0.25) is 0 Å². The molecule has 0 aliphatic carbocycles. The van der Waals surface area contributed by atoms with E-state index in [1.54, 1.807) is 23.2 Å². The van der Waals surface area contributed by atoms with E-state index < -0.39 is 0 Å². The molecule has 2 N–H and O–H groups in total. The maximum absolute atomic E-state index is 12.0. The number of hydrogen-bond donors (Lipinski definition) is 2. The average Bonchev–Trinajstić information content (AvgIpc) is 3.15. The van der Waals surface area contributed by atoms with Crippen molar-refractivity contribution >= 4 is 28.6 Å². The van der Waals surface area contributed by atoms with E-state index in [-0.39, 0.29) is 12.0 Å². The van der Waals surface area contributed by atoms with Crippen LogP contribution in [0.15, 0.2) is 24.4 Å². The van der Waals surface area contributed by atoms with Crippen LogP contribution >= 0.6 is 0 Å². The molecule has 21 heavy (non-hydrogen) atoms. The largest absolute Gasteiger partial charge is 0.465 e. The Hall–Kier alpha value is -2.50. The summed E-state index contributed by atoms with van der Waals surface area (Å²) in [5.74, 6) is -0.380. The Morgan fingerprint density at radius 2 is 2.05 bits per heavy atom. The number of esters is 1. The van der Waals surface area contributed by atoms with E-state index in [2.05, 4.69) is 10.3 Å². The van der Waals surface area contributed by atoms with Crippen molar-refractivity contribution in [2.24, 2.45) is 0 Å². The molecule has 1 aromatic heterocycles. The van der Waals surface area contributed by atoms with Crippen molar-refractivity contribution in [1.82, 2.24) is 9.88 Å². The number of fused-ring (bicyclic) bond motifs is 1. The number of H-pyrrole nitrogens is 1. The number of aromatic nitrogens is 1. The van der Waals surface area contributed by atoms with Crippen LogP contribution in [0.25, 0.3) is 10.9 Å². The maximum atomic E-state index is 12.0.